The lowest BCUT2D eigenvalue weighted by Gasteiger charge is -2.29. The van der Waals surface area contributed by atoms with Crippen molar-refractivity contribution in [2.24, 2.45) is 11.7 Å². The van der Waals surface area contributed by atoms with Gasteiger partial charge in [-0.2, -0.15) is 4.98 Å². The maximum atomic E-state index is 14.1. The molecule has 23 heavy (non-hydrogen) atoms. The lowest BCUT2D eigenvalue weighted by atomic mass is 9.84. The molecule has 1 aliphatic rings. The molecule has 0 radical (unpaired) electrons. The van der Waals surface area contributed by atoms with Crippen molar-refractivity contribution in [3.8, 4) is 5.88 Å². The average molecular weight is 327 g/mol. The van der Waals surface area contributed by atoms with Gasteiger partial charge in [-0.25, -0.2) is 8.78 Å². The van der Waals surface area contributed by atoms with Gasteiger partial charge in [0, 0.05) is 6.04 Å². The van der Waals surface area contributed by atoms with Gasteiger partial charge in [-0.05, 0) is 37.7 Å². The number of hydrogen-bond donors (Lipinski definition) is 2. The van der Waals surface area contributed by atoms with Crippen LogP contribution in [0.15, 0.2) is 6.07 Å². The van der Waals surface area contributed by atoms with Gasteiger partial charge in [0.25, 0.3) is 5.91 Å². The number of carbonyl (C=O) groups is 1. The van der Waals surface area contributed by atoms with E-state index in [2.05, 4.69) is 17.2 Å². The van der Waals surface area contributed by atoms with Crippen molar-refractivity contribution in [2.75, 3.05) is 18.6 Å². The molecule has 0 unspecified atom stereocenters. The molecule has 0 atom stereocenters. The molecule has 1 heterocycles. The number of hydrogen-bond acceptors (Lipinski definition) is 4. The van der Waals surface area contributed by atoms with Crippen molar-refractivity contribution in [3.63, 3.8) is 0 Å². The molecule has 1 aromatic rings. The summed E-state index contributed by atoms with van der Waals surface area (Å²) in [5.74, 6) is -0.916. The van der Waals surface area contributed by atoms with Crippen LogP contribution in [0.4, 0.5) is 14.6 Å². The molecule has 1 amide bonds. The Balaban J connectivity index is 2.13. The fourth-order valence-corrected chi connectivity index (χ4v) is 2.90. The largest absolute Gasteiger partial charge is 0.474 e. The quantitative estimate of drug-likeness (QED) is 0.807. The second kappa shape index (κ2) is 8.08. The molecule has 3 N–H and O–H groups in total. The number of carbonyl (C=O) groups excluding carboxylic acids is 1. The third kappa shape index (κ3) is 4.53. The number of nitrogens with two attached hydrogens (primary N) is 1. The summed E-state index contributed by atoms with van der Waals surface area (Å²) < 4.78 is 31.5. The van der Waals surface area contributed by atoms with Gasteiger partial charge in [-0.15, -0.1) is 0 Å². The molecule has 128 valence electrons. The molecule has 5 nitrogen and oxygen atoms in total. The van der Waals surface area contributed by atoms with Gasteiger partial charge >= 0.3 is 0 Å². The van der Waals surface area contributed by atoms with E-state index in [9.17, 15) is 13.6 Å². The number of nitrogens with one attached hydrogen (secondary N) is 1. The number of halogens is 2. The fourth-order valence-electron chi connectivity index (χ4n) is 2.90. The number of primary amides is 1. The van der Waals surface area contributed by atoms with Crippen LogP contribution in [-0.2, 0) is 0 Å². The number of pyridine rings is 1. The Labute approximate surface area is 134 Å². The summed E-state index contributed by atoms with van der Waals surface area (Å²) in [7, 11) is 0. The Kier molecular flexibility index (Phi) is 6.12. The van der Waals surface area contributed by atoms with Crippen molar-refractivity contribution < 1.29 is 18.3 Å². The first-order valence-corrected chi connectivity index (χ1v) is 8.00. The lowest BCUT2D eigenvalue weighted by Crippen LogP contribution is -2.27. The highest BCUT2D eigenvalue weighted by molar-refractivity contribution is 5.95. The summed E-state index contributed by atoms with van der Waals surface area (Å²) in [6.45, 7) is 1.18. The van der Waals surface area contributed by atoms with Gasteiger partial charge in [-0.3, -0.25) is 4.79 Å². The van der Waals surface area contributed by atoms with Crippen LogP contribution in [0.2, 0.25) is 0 Å². The van der Waals surface area contributed by atoms with Gasteiger partial charge in [0.2, 0.25) is 5.88 Å². The van der Waals surface area contributed by atoms with E-state index < -0.39 is 18.4 Å². The first-order valence-electron chi connectivity index (χ1n) is 8.00. The normalized spacial score (nSPS) is 21.0. The molecule has 1 saturated carbocycles. The molecule has 0 aromatic carbocycles. The van der Waals surface area contributed by atoms with Gasteiger partial charge in [-0.1, -0.05) is 13.3 Å². The van der Waals surface area contributed by atoms with Crippen LogP contribution in [0, 0.1) is 11.7 Å². The van der Waals surface area contributed by atoms with Gasteiger partial charge in [0.05, 0.1) is 0 Å². The van der Waals surface area contributed by atoms with Crippen molar-refractivity contribution in [1.29, 1.82) is 0 Å². The fraction of sp³-hybridized carbons (Fsp3) is 0.625. The minimum atomic E-state index is -0.861. The van der Waals surface area contributed by atoms with Crippen molar-refractivity contribution in [1.82, 2.24) is 4.98 Å². The third-order valence-corrected chi connectivity index (χ3v) is 4.29. The van der Waals surface area contributed by atoms with E-state index in [4.69, 9.17) is 10.5 Å². The van der Waals surface area contributed by atoms with Crippen molar-refractivity contribution >= 4 is 11.7 Å². The van der Waals surface area contributed by atoms with Crippen LogP contribution in [0.3, 0.4) is 0 Å². The van der Waals surface area contributed by atoms with E-state index in [1.807, 2.05) is 0 Å². The maximum absolute atomic E-state index is 14.1. The zero-order chi connectivity index (χ0) is 16.8. The molecule has 1 aromatic heterocycles. The summed E-state index contributed by atoms with van der Waals surface area (Å²) in [5, 5.41) is 3.06. The van der Waals surface area contributed by atoms with E-state index in [0.29, 0.717) is 0 Å². The van der Waals surface area contributed by atoms with Crippen molar-refractivity contribution in [2.45, 2.75) is 45.1 Å². The maximum Gasteiger partial charge on any atom is 0.254 e. The highest BCUT2D eigenvalue weighted by atomic mass is 19.1. The number of amides is 1. The Morgan fingerprint density at radius 1 is 1.43 bits per heavy atom. The number of aromatic nitrogens is 1. The number of nitrogens with zero attached hydrogens (tertiary/aromatic N) is 1. The molecular weight excluding hydrogens is 304 g/mol. The van der Waals surface area contributed by atoms with Gasteiger partial charge in [0.15, 0.2) is 11.6 Å². The Morgan fingerprint density at radius 2 is 2.13 bits per heavy atom. The van der Waals surface area contributed by atoms with E-state index in [1.54, 1.807) is 0 Å². The molecule has 7 heteroatoms. The minimum Gasteiger partial charge on any atom is -0.474 e. The number of ether oxygens (including phenoxy) is 1. The molecule has 1 aliphatic carbocycles. The van der Waals surface area contributed by atoms with E-state index in [0.717, 1.165) is 44.1 Å². The zero-order valence-electron chi connectivity index (χ0n) is 13.3. The molecule has 0 bridgehead atoms. The SMILES string of the molecule is CC[C@H]1CC[C@H](Nc2nc(OCCF)c(C(N)=O)cc2F)CC1. The third-order valence-electron chi connectivity index (χ3n) is 4.29. The summed E-state index contributed by atoms with van der Waals surface area (Å²) in [5.41, 5.74) is 5.00. The monoisotopic (exact) mass is 327 g/mol. The van der Waals surface area contributed by atoms with E-state index in [1.165, 1.54) is 0 Å². The number of alkyl halides is 1. The standard InChI is InChI=1S/C16H23F2N3O2/c1-2-10-3-5-11(6-4-10)20-15-13(18)9-12(14(19)22)16(21-15)23-8-7-17/h9-11H,2-8H2,1H3,(H2,19,22)(H,20,21)/t10-,11-. The summed E-state index contributed by atoms with van der Waals surface area (Å²) in [6, 6.07) is 1.12. The topological polar surface area (TPSA) is 77.2 Å². The van der Waals surface area contributed by atoms with Crippen LogP contribution in [0.5, 0.6) is 5.88 Å². The number of rotatable bonds is 7. The molecule has 1 fully saturated rings. The highest BCUT2D eigenvalue weighted by Crippen LogP contribution is 2.30. The predicted octanol–water partition coefficient (Wildman–Crippen LogP) is 3.05. The molecule has 2 rings (SSSR count). The first kappa shape index (κ1) is 17.4. The minimum absolute atomic E-state index is 0.0174. The average Bonchev–Trinajstić information content (AvgIpc) is 2.55. The van der Waals surface area contributed by atoms with Gasteiger partial charge in [0.1, 0.15) is 18.8 Å². The molecular formula is C16H23F2N3O2. The molecule has 0 saturated heterocycles. The highest BCUT2D eigenvalue weighted by Gasteiger charge is 2.23. The van der Waals surface area contributed by atoms with Crippen LogP contribution < -0.4 is 15.8 Å². The predicted molar refractivity (Wildman–Crippen MR) is 83.8 cm³/mol. The van der Waals surface area contributed by atoms with Gasteiger partial charge < -0.3 is 15.8 Å². The first-order chi connectivity index (χ1) is 11.0. The van der Waals surface area contributed by atoms with E-state index in [-0.39, 0.29) is 29.9 Å². The Bertz CT molecular complexity index is 546. The summed E-state index contributed by atoms with van der Waals surface area (Å²) >= 11 is 0. The smallest absolute Gasteiger partial charge is 0.254 e. The second-order valence-corrected chi connectivity index (χ2v) is 5.84. The Morgan fingerprint density at radius 3 is 2.70 bits per heavy atom. The molecule has 0 aliphatic heterocycles. The van der Waals surface area contributed by atoms with Crippen LogP contribution in [0.1, 0.15) is 49.4 Å². The van der Waals surface area contributed by atoms with E-state index >= 15 is 0 Å². The second-order valence-electron chi connectivity index (χ2n) is 5.84. The summed E-state index contributed by atoms with van der Waals surface area (Å²) in [4.78, 5) is 15.3. The summed E-state index contributed by atoms with van der Waals surface area (Å²) in [6.07, 6.45) is 5.24. The number of anilines is 1. The zero-order valence-corrected chi connectivity index (χ0v) is 13.3. The van der Waals surface area contributed by atoms with Crippen LogP contribution >= 0.6 is 0 Å². The molecule has 0 spiro atoms. The Hall–Kier alpha value is -1.92. The van der Waals surface area contributed by atoms with Crippen molar-refractivity contribution in [3.05, 3.63) is 17.4 Å². The van der Waals surface area contributed by atoms with Crippen LogP contribution in [-0.4, -0.2) is 30.2 Å². The lowest BCUT2D eigenvalue weighted by molar-refractivity contribution is 0.0994. The van der Waals surface area contributed by atoms with Crippen LogP contribution in [0.25, 0.3) is 0 Å².